The van der Waals surface area contributed by atoms with Crippen molar-refractivity contribution in [2.75, 3.05) is 0 Å². The summed E-state index contributed by atoms with van der Waals surface area (Å²) in [7, 11) is 0. The van der Waals surface area contributed by atoms with Crippen LogP contribution < -0.4 is 0 Å². The second kappa shape index (κ2) is 5.91. The molecule has 0 unspecified atom stereocenters. The van der Waals surface area contributed by atoms with Gasteiger partial charge in [-0.3, -0.25) is 0 Å². The number of benzene rings is 1. The number of carbonyl (C=O) groups is 1. The molecule has 1 aromatic carbocycles. The molecule has 0 fully saturated rings. The molecule has 1 rings (SSSR count). The number of allylic oxidation sites excluding steroid dienone is 1. The first-order chi connectivity index (χ1) is 8.86. The van der Waals surface area contributed by atoms with Gasteiger partial charge in [0.1, 0.15) is 12.7 Å². The topological polar surface area (TPSA) is 70.3 Å². The number of hydrogen-bond acceptors (Lipinski definition) is 4. The van der Waals surface area contributed by atoms with Gasteiger partial charge in [0.15, 0.2) is 5.57 Å². The number of hydrogen-bond donors (Lipinski definition) is 1. The molecule has 1 N–H and O–H groups in total. The molecule has 4 nitrogen and oxygen atoms in total. The normalized spacial score (nSPS) is 12.3. The zero-order valence-corrected chi connectivity index (χ0v) is 9.44. The molecule has 0 atom stereocenters. The van der Waals surface area contributed by atoms with E-state index >= 15 is 0 Å². The van der Waals surface area contributed by atoms with E-state index in [1.54, 1.807) is 30.3 Å². The first-order valence-corrected chi connectivity index (χ1v) is 4.98. The van der Waals surface area contributed by atoms with E-state index in [9.17, 15) is 18.0 Å². The van der Waals surface area contributed by atoms with E-state index in [4.69, 9.17) is 10.4 Å². The second-order valence-electron chi connectivity index (χ2n) is 3.39. The van der Waals surface area contributed by atoms with Crippen molar-refractivity contribution in [2.24, 2.45) is 0 Å². The second-order valence-corrected chi connectivity index (χ2v) is 3.39. The smallest absolute Gasteiger partial charge is 0.450 e. The van der Waals surface area contributed by atoms with Gasteiger partial charge in [0.05, 0.1) is 0 Å². The lowest BCUT2D eigenvalue weighted by molar-refractivity contribution is -0.143. The minimum absolute atomic E-state index is 0.296. The molecule has 0 aliphatic carbocycles. The third-order valence-electron chi connectivity index (χ3n) is 2.03. The molecule has 0 amide bonds. The van der Waals surface area contributed by atoms with Gasteiger partial charge in [-0.1, -0.05) is 30.3 Å². The Balaban J connectivity index is 2.80. The first kappa shape index (κ1) is 14.6. The molecule has 0 spiro atoms. The minimum Gasteiger partial charge on any atom is -0.503 e. The van der Waals surface area contributed by atoms with Crippen LogP contribution in [0.1, 0.15) is 5.56 Å². The predicted molar refractivity (Wildman–Crippen MR) is 57.6 cm³/mol. The first-order valence-electron chi connectivity index (χ1n) is 4.98. The number of ether oxygens (including phenoxy) is 1. The van der Waals surface area contributed by atoms with Crippen LogP contribution in [0.4, 0.5) is 13.2 Å². The molecule has 0 aliphatic heterocycles. The van der Waals surface area contributed by atoms with Crippen LogP contribution >= 0.6 is 0 Å². The van der Waals surface area contributed by atoms with Crippen molar-refractivity contribution in [3.8, 4) is 6.07 Å². The highest BCUT2D eigenvalue weighted by molar-refractivity contribution is 5.93. The van der Waals surface area contributed by atoms with Gasteiger partial charge in [0.25, 0.3) is 0 Å². The third-order valence-corrected chi connectivity index (χ3v) is 2.03. The average molecular weight is 271 g/mol. The molecule has 0 aliphatic rings. The lowest BCUT2D eigenvalue weighted by Crippen LogP contribution is -2.18. The van der Waals surface area contributed by atoms with Crippen LogP contribution in [0.3, 0.4) is 0 Å². The maximum absolute atomic E-state index is 12.1. The van der Waals surface area contributed by atoms with Crippen LogP contribution in [0.2, 0.25) is 0 Å². The van der Waals surface area contributed by atoms with Crippen LogP contribution in [0.25, 0.3) is 0 Å². The fourth-order valence-corrected chi connectivity index (χ4v) is 1.13. The van der Waals surface area contributed by atoms with Crippen LogP contribution in [0.5, 0.6) is 0 Å². The van der Waals surface area contributed by atoms with Crippen molar-refractivity contribution < 1.29 is 27.8 Å². The van der Waals surface area contributed by atoms with Crippen molar-refractivity contribution in [2.45, 2.75) is 12.8 Å². The maximum Gasteiger partial charge on any atom is 0.450 e. The highest BCUT2D eigenvalue weighted by atomic mass is 19.4. The molecule has 0 aromatic heterocycles. The van der Waals surface area contributed by atoms with Crippen LogP contribution in [-0.2, 0) is 16.1 Å². The van der Waals surface area contributed by atoms with Crippen molar-refractivity contribution in [3.05, 3.63) is 47.2 Å². The lowest BCUT2D eigenvalue weighted by atomic mass is 10.2. The Hall–Kier alpha value is -2.49. The van der Waals surface area contributed by atoms with Gasteiger partial charge in [-0.2, -0.15) is 18.4 Å². The molecule has 7 heteroatoms. The zero-order valence-electron chi connectivity index (χ0n) is 9.44. The molecule has 0 radical (unpaired) electrons. The van der Waals surface area contributed by atoms with E-state index in [2.05, 4.69) is 4.74 Å². The van der Waals surface area contributed by atoms with Crippen molar-refractivity contribution in [1.29, 1.82) is 5.26 Å². The van der Waals surface area contributed by atoms with E-state index < -0.39 is 23.5 Å². The monoisotopic (exact) mass is 271 g/mol. The number of halogens is 3. The van der Waals surface area contributed by atoms with Crippen molar-refractivity contribution in [3.63, 3.8) is 0 Å². The highest BCUT2D eigenvalue weighted by Gasteiger charge is 2.39. The maximum atomic E-state index is 12.1. The summed E-state index contributed by atoms with van der Waals surface area (Å²) < 4.78 is 40.9. The van der Waals surface area contributed by atoms with Gasteiger partial charge in [-0.15, -0.1) is 0 Å². The number of nitriles is 1. The summed E-state index contributed by atoms with van der Waals surface area (Å²) in [5.74, 6) is -3.78. The van der Waals surface area contributed by atoms with Gasteiger partial charge in [0.2, 0.25) is 5.76 Å². The standard InChI is InChI=1S/C12H8F3NO3/c13-12(14,15)10(17)9(6-16)11(18)19-7-8-4-2-1-3-5-8/h1-5,17H,7H2/b10-9-. The van der Waals surface area contributed by atoms with E-state index in [0.717, 1.165) is 6.07 Å². The summed E-state index contributed by atoms with van der Waals surface area (Å²) in [5.41, 5.74) is -0.928. The molecule has 19 heavy (non-hydrogen) atoms. The summed E-state index contributed by atoms with van der Waals surface area (Å²) in [6.45, 7) is -0.296. The Kier molecular flexibility index (Phi) is 4.53. The van der Waals surface area contributed by atoms with Crippen LogP contribution in [0, 0.1) is 11.3 Å². The Morgan fingerprint density at radius 2 is 1.89 bits per heavy atom. The summed E-state index contributed by atoms with van der Waals surface area (Å²) in [6, 6.07) is 9.17. The average Bonchev–Trinajstić information content (AvgIpc) is 2.37. The number of nitrogens with zero attached hydrogens (tertiary/aromatic N) is 1. The molecule has 0 bridgehead atoms. The quantitative estimate of drug-likeness (QED) is 0.397. The number of alkyl halides is 3. The Morgan fingerprint density at radius 1 is 1.32 bits per heavy atom. The van der Waals surface area contributed by atoms with Crippen LogP contribution in [0.15, 0.2) is 41.7 Å². The van der Waals surface area contributed by atoms with Gasteiger partial charge in [0, 0.05) is 0 Å². The summed E-state index contributed by atoms with van der Waals surface area (Å²) in [5, 5.41) is 17.2. The SMILES string of the molecule is N#C/C(C(=O)OCc1ccccc1)=C(/O)C(F)(F)F. The Bertz CT molecular complexity index is 529. The molecule has 100 valence electrons. The summed E-state index contributed by atoms with van der Waals surface area (Å²) >= 11 is 0. The fraction of sp³-hybridized carbons (Fsp3) is 0.167. The zero-order chi connectivity index (χ0) is 14.5. The molecular formula is C12H8F3NO3. The predicted octanol–water partition coefficient (Wildman–Crippen LogP) is 2.63. The van der Waals surface area contributed by atoms with Gasteiger partial charge in [-0.25, -0.2) is 4.79 Å². The van der Waals surface area contributed by atoms with Gasteiger partial charge in [-0.05, 0) is 5.56 Å². The number of carbonyl (C=O) groups excluding carboxylic acids is 1. The molecular weight excluding hydrogens is 263 g/mol. The number of aliphatic hydroxyl groups excluding tert-OH is 1. The minimum atomic E-state index is -5.17. The largest absolute Gasteiger partial charge is 0.503 e. The van der Waals surface area contributed by atoms with E-state index in [1.807, 2.05) is 0 Å². The third kappa shape index (κ3) is 4.03. The molecule has 0 saturated heterocycles. The summed E-state index contributed by atoms with van der Waals surface area (Å²) in [6.07, 6.45) is -5.17. The highest BCUT2D eigenvalue weighted by Crippen LogP contribution is 2.26. The fourth-order valence-electron chi connectivity index (χ4n) is 1.13. The molecule has 1 aromatic rings. The van der Waals surface area contributed by atoms with Gasteiger partial charge >= 0.3 is 12.1 Å². The van der Waals surface area contributed by atoms with E-state index in [0.29, 0.717) is 5.56 Å². The van der Waals surface area contributed by atoms with Crippen molar-refractivity contribution in [1.82, 2.24) is 0 Å². The van der Waals surface area contributed by atoms with E-state index in [1.165, 1.54) is 0 Å². The Morgan fingerprint density at radius 3 is 2.37 bits per heavy atom. The Labute approximate surface area is 106 Å². The number of rotatable bonds is 3. The van der Waals surface area contributed by atoms with Crippen molar-refractivity contribution >= 4 is 5.97 Å². The van der Waals surface area contributed by atoms with Crippen LogP contribution in [-0.4, -0.2) is 17.3 Å². The number of esters is 1. The summed E-state index contributed by atoms with van der Waals surface area (Å²) in [4.78, 5) is 11.3. The number of aliphatic hydroxyl groups is 1. The molecule has 0 heterocycles. The molecule has 0 saturated carbocycles. The van der Waals surface area contributed by atoms with E-state index in [-0.39, 0.29) is 6.61 Å². The van der Waals surface area contributed by atoms with Gasteiger partial charge < -0.3 is 9.84 Å². The lowest BCUT2D eigenvalue weighted by Gasteiger charge is -2.08.